The zero-order valence-electron chi connectivity index (χ0n) is 118. The third kappa shape index (κ3) is 126. The second-order valence-electron chi connectivity index (χ2n) is 63.5. The minimum absolute atomic E-state index is 0. The summed E-state index contributed by atoms with van der Waals surface area (Å²) in [6, 6.07) is 0. The number of ether oxygens (including phenoxy) is 8. The molecule has 0 radical (unpaired) electrons. The first-order chi connectivity index (χ1) is 63.1. The van der Waals surface area contributed by atoms with Gasteiger partial charge in [0, 0.05) is 42.2 Å². The Hall–Kier alpha value is -0.400. The van der Waals surface area contributed by atoms with E-state index in [1.165, 1.54) is 6.42 Å². The molecule has 10 heteroatoms. The van der Waals surface area contributed by atoms with Crippen LogP contribution in [0.4, 0.5) is 0 Å². The average Bonchev–Trinajstić information content (AvgIpc) is 0.872. The molecule has 0 aromatic heterocycles. The predicted molar refractivity (Wildman–Crippen MR) is 682 cm³/mol. The maximum Gasteiger partial charge on any atom is 0.0580 e. The molecule has 0 saturated carbocycles. The molecule has 147 heavy (non-hydrogen) atoms. The van der Waals surface area contributed by atoms with Crippen molar-refractivity contribution in [2.45, 2.75) is 681 Å². The second-order valence-corrected chi connectivity index (χ2v) is 63.5. The van der Waals surface area contributed by atoms with Crippen LogP contribution in [0.2, 0.25) is 0 Å². The van der Waals surface area contributed by atoms with Crippen LogP contribution in [0.15, 0.2) is 0 Å². The van der Waals surface area contributed by atoms with Gasteiger partial charge in [-0.05, 0) is 299 Å². The highest BCUT2D eigenvalue weighted by Gasteiger charge is 2.33. The van der Waals surface area contributed by atoms with E-state index in [1.807, 2.05) is 13.8 Å². The summed E-state index contributed by atoms with van der Waals surface area (Å²) in [5, 5.41) is 18.0. The molecule has 0 rings (SSSR count). The Morgan fingerprint density at radius 2 is 0.361 bits per heavy atom. The van der Waals surface area contributed by atoms with Gasteiger partial charge in [0.15, 0.2) is 0 Å². The van der Waals surface area contributed by atoms with E-state index in [2.05, 4.69) is 547 Å². The average molecular weight is 2120 g/mol. The van der Waals surface area contributed by atoms with Gasteiger partial charge in [0.05, 0.1) is 73.2 Å². The van der Waals surface area contributed by atoms with E-state index in [4.69, 9.17) is 48.1 Å². The van der Waals surface area contributed by atoms with Crippen molar-refractivity contribution < 1.29 is 48.1 Å². The van der Waals surface area contributed by atoms with E-state index in [-0.39, 0.29) is 37.9 Å². The van der Waals surface area contributed by atoms with Crippen LogP contribution in [-0.2, 0) is 37.9 Å². The monoisotopic (exact) mass is 2110 g/mol. The molecule has 0 aliphatic rings. The van der Waals surface area contributed by atoms with E-state index in [9.17, 15) is 0 Å². The minimum atomic E-state index is -0.190. The normalized spacial score (nSPS) is 17.0. The van der Waals surface area contributed by atoms with Crippen LogP contribution in [0.3, 0.4) is 0 Å². The minimum Gasteiger partial charge on any atom is -0.393 e. The Kier molecular flexibility index (Phi) is 109. The first kappa shape index (κ1) is 185. The number of hydrogen-bond acceptors (Lipinski definition) is 10. The highest BCUT2D eigenvalue weighted by Crippen LogP contribution is 2.39. The van der Waals surface area contributed by atoms with E-state index in [1.54, 1.807) is 35.5 Å². The molecular weight excluding hydrogens is 1810 g/mol. The summed E-state index contributed by atoms with van der Waals surface area (Å²) in [5.74, 6) is 11.4. The molecule has 10 nitrogen and oxygen atoms in total. The smallest absolute Gasteiger partial charge is 0.0580 e. The molecule has 0 saturated heterocycles. The summed E-state index contributed by atoms with van der Waals surface area (Å²) >= 11 is 0. The predicted octanol–water partition coefficient (Wildman–Crippen LogP) is 45.0. The number of rotatable bonds is 27. The molecular formula is C137H308O10. The standard InChI is InChI=1S/3C11H24O.3C9H20O.4C9H20.3C8H18O.C8H18.C7H16O.2CH4/c2*1-8(2)12-10(4)9(3)11(5,6)7;1-7-8-12-10(3)9(2)11(4,5)6;3*1-7(8(2)10-6)9(3,4)5;4*1-7(2)8(3)9(4,5)6;2*1-7(9-5)6-8(2,3)4;1-6(7(2)9)8(3,4)5;1-6-7(2)8(3,4)5;1-6(8)5-7(2,3)4;;/h2*8-10H,1-7H3;9-10H,7-8H2,1-6H3;3*7-8H,1-6H3;4*7-8H,1-6H3;2*7H,6H2,1-5H3;6-7,9H,1-5H3;7H,6H2,1-5H3;6,8H,5H2,1-4H3;2*1H4/t9-,10+;9-,10-;9-,10+;2*7-,8+;7-,8-;4*8-;2*7-;6-,7+;7-;6-;;/m000101100010000../s1. The van der Waals surface area contributed by atoms with Crippen molar-refractivity contribution >= 4 is 0 Å². The van der Waals surface area contributed by atoms with Crippen molar-refractivity contribution in [1.29, 1.82) is 0 Å². The summed E-state index contributed by atoms with van der Waals surface area (Å²) in [6.45, 7) is 181. The molecule has 0 aromatic carbocycles. The van der Waals surface area contributed by atoms with Gasteiger partial charge < -0.3 is 48.1 Å². The molecule has 0 heterocycles. The fourth-order valence-electron chi connectivity index (χ4n) is 14.5. The summed E-state index contributed by atoms with van der Waals surface area (Å²) in [4.78, 5) is 0. The van der Waals surface area contributed by atoms with Crippen LogP contribution in [-0.4, -0.2) is 126 Å². The van der Waals surface area contributed by atoms with Crippen molar-refractivity contribution in [3.8, 4) is 0 Å². The molecule has 0 aromatic rings. The Morgan fingerprint density at radius 3 is 0.422 bits per heavy atom. The number of aliphatic hydroxyl groups is 2. The molecule has 2 N–H and O–H groups in total. The van der Waals surface area contributed by atoms with Gasteiger partial charge in [0.1, 0.15) is 0 Å². The quantitative estimate of drug-likeness (QED) is 0.0824. The van der Waals surface area contributed by atoms with Crippen LogP contribution in [0.25, 0.3) is 0 Å². The third-order valence-electron chi connectivity index (χ3n) is 32.3. The summed E-state index contributed by atoms with van der Waals surface area (Å²) in [5.41, 5.74) is 5.84. The van der Waals surface area contributed by atoms with Gasteiger partial charge in [0.25, 0.3) is 0 Å². The molecule has 0 unspecified atom stereocenters. The van der Waals surface area contributed by atoms with Crippen molar-refractivity contribution in [2.24, 2.45) is 176 Å². The van der Waals surface area contributed by atoms with Gasteiger partial charge >= 0.3 is 0 Å². The molecule has 22 atom stereocenters. The maximum atomic E-state index is 9.16. The summed E-state index contributed by atoms with van der Waals surface area (Å²) in [7, 11) is 8.83. The van der Waals surface area contributed by atoms with Crippen molar-refractivity contribution in [3.63, 3.8) is 0 Å². The van der Waals surface area contributed by atoms with Gasteiger partial charge in [0.2, 0.25) is 0 Å². The van der Waals surface area contributed by atoms with E-state index >= 15 is 0 Å². The Morgan fingerprint density at radius 1 is 0.197 bits per heavy atom. The maximum absolute atomic E-state index is 9.16. The number of aliphatic hydroxyl groups excluding tert-OH is 2. The van der Waals surface area contributed by atoms with Crippen molar-refractivity contribution in [2.75, 3.05) is 42.2 Å². The van der Waals surface area contributed by atoms with E-state index < -0.39 is 0 Å². The van der Waals surface area contributed by atoms with Crippen LogP contribution in [0.5, 0.6) is 0 Å². The van der Waals surface area contributed by atoms with Gasteiger partial charge in [-0.1, -0.05) is 485 Å². The van der Waals surface area contributed by atoms with Crippen molar-refractivity contribution in [1.82, 2.24) is 0 Å². The first-order valence-electron chi connectivity index (χ1n) is 59.1. The fraction of sp³-hybridized carbons (Fsp3) is 1.00. The Balaban J connectivity index is -0.0000000822. The topological polar surface area (TPSA) is 114 Å². The Labute approximate surface area is 941 Å². The van der Waals surface area contributed by atoms with Crippen LogP contribution >= 0.6 is 0 Å². The highest BCUT2D eigenvalue weighted by molar-refractivity contribution is 4.83. The third-order valence-corrected chi connectivity index (χ3v) is 32.3. The van der Waals surface area contributed by atoms with Crippen LogP contribution < -0.4 is 0 Å². The largest absolute Gasteiger partial charge is 0.393 e. The van der Waals surface area contributed by atoms with Gasteiger partial charge in [-0.15, -0.1) is 0 Å². The second kappa shape index (κ2) is 86.5. The van der Waals surface area contributed by atoms with Gasteiger partial charge in [-0.2, -0.15) is 0 Å². The highest BCUT2D eigenvalue weighted by atomic mass is 16.5. The van der Waals surface area contributed by atoms with Gasteiger partial charge in [-0.25, -0.2) is 0 Å². The lowest BCUT2D eigenvalue weighted by molar-refractivity contribution is -0.0386. The Bertz CT molecular complexity index is 2480. The van der Waals surface area contributed by atoms with Gasteiger partial charge in [-0.3, -0.25) is 0 Å². The molecule has 0 aliphatic carbocycles. The van der Waals surface area contributed by atoms with E-state index in [0.717, 1.165) is 85.6 Å². The SMILES string of the molecule is C.C.CC(C)O[C@@H](C)[C@H](C)C(C)(C)C.CC(C)O[C@H](C)[C@H](C)C(C)(C)C.CC(C)[C@@H](C)C(C)(C)C.CC(C)[C@H](C)C(C)(C)C.CC(C)[C@H](C)C(C)(C)C.CC(C)[C@H](C)C(C)(C)C.CCCO[C@H](C)[C@H](C)C(C)(C)C.CC[C@H](C)C(C)(C)C.CO[C@@H](C)CC(C)(C)C.CO[C@@H](C)[C@@H](C)C(C)(C)C.CO[C@H](C)CC(C)(C)C.CO[C@H](C)[C@@H](C)C(C)(C)C.CO[C@H](C)[C@H](C)C(C)(C)C.C[C@@H](O)[C@H](C)C(C)(C)C.C[C@H](O)CC(C)(C)C. The van der Waals surface area contributed by atoms with Crippen LogP contribution in [0.1, 0.15) is 608 Å². The van der Waals surface area contributed by atoms with E-state index in [0.29, 0.717) is 173 Å². The lowest BCUT2D eigenvalue weighted by Crippen LogP contribution is -2.31. The molecule has 0 fully saturated rings. The zero-order valence-corrected chi connectivity index (χ0v) is 118. The lowest BCUT2D eigenvalue weighted by atomic mass is 9.76. The molecule has 0 bridgehead atoms. The molecule has 0 amide bonds. The molecule has 916 valence electrons. The summed E-state index contributed by atoms with van der Waals surface area (Å²) in [6.07, 6.45) is 8.83. The molecule has 0 spiro atoms. The van der Waals surface area contributed by atoms with Crippen molar-refractivity contribution in [3.05, 3.63) is 0 Å². The van der Waals surface area contributed by atoms with Crippen LogP contribution in [0, 0.1) is 176 Å². The number of methoxy groups -OCH3 is 5. The molecule has 0 aliphatic heterocycles. The summed E-state index contributed by atoms with van der Waals surface area (Å²) < 4.78 is 43.1. The fourth-order valence-corrected chi connectivity index (χ4v) is 14.5. The zero-order chi connectivity index (χ0) is 122. The number of hydrogen-bond donors (Lipinski definition) is 2. The lowest BCUT2D eigenvalue weighted by Gasteiger charge is -2.33. The first-order valence-corrected chi connectivity index (χ1v) is 59.1.